The van der Waals surface area contributed by atoms with Crippen molar-refractivity contribution in [2.45, 2.75) is 39.5 Å². The van der Waals surface area contributed by atoms with Crippen molar-refractivity contribution in [2.75, 3.05) is 13.2 Å². The van der Waals surface area contributed by atoms with Gasteiger partial charge in [-0.2, -0.15) is 0 Å². The maximum absolute atomic E-state index is 13.1. The molecule has 0 radical (unpaired) electrons. The number of ether oxygens (including phenoxy) is 2. The minimum absolute atomic E-state index is 0.281. The van der Waals surface area contributed by atoms with E-state index in [2.05, 4.69) is 11.4 Å². The van der Waals surface area contributed by atoms with Gasteiger partial charge in [0.2, 0.25) is 0 Å². The van der Waals surface area contributed by atoms with Crippen LogP contribution < -0.4 is 10.1 Å². The van der Waals surface area contributed by atoms with Crippen LogP contribution in [0.4, 0.5) is 4.39 Å². The van der Waals surface area contributed by atoms with E-state index in [9.17, 15) is 4.39 Å². The average Bonchev–Trinajstić information content (AvgIpc) is 2.57. The summed E-state index contributed by atoms with van der Waals surface area (Å²) in [5.74, 6) is 0.420. The summed E-state index contributed by atoms with van der Waals surface area (Å²) < 4.78 is 24.3. The van der Waals surface area contributed by atoms with Gasteiger partial charge in [0, 0.05) is 18.7 Å². The second-order valence-electron chi connectivity index (χ2n) is 6.12. The SMILES string of the molecule is CC(C)OCCCNCc1cccc(OCc2ccc(F)cc2Cl)c1. The fraction of sp³-hybridized carbons (Fsp3) is 0.400. The van der Waals surface area contributed by atoms with Crippen molar-refractivity contribution in [3.8, 4) is 5.75 Å². The van der Waals surface area contributed by atoms with Crippen LogP contribution in [0.1, 0.15) is 31.4 Å². The molecule has 0 aromatic heterocycles. The van der Waals surface area contributed by atoms with E-state index >= 15 is 0 Å². The van der Waals surface area contributed by atoms with E-state index in [1.54, 1.807) is 6.07 Å². The molecule has 2 aromatic rings. The van der Waals surface area contributed by atoms with Gasteiger partial charge < -0.3 is 14.8 Å². The fourth-order valence-corrected chi connectivity index (χ4v) is 2.52. The molecule has 0 aliphatic rings. The monoisotopic (exact) mass is 365 g/mol. The van der Waals surface area contributed by atoms with Gasteiger partial charge in [0.15, 0.2) is 0 Å². The highest BCUT2D eigenvalue weighted by molar-refractivity contribution is 6.31. The Hall–Kier alpha value is -1.62. The minimum Gasteiger partial charge on any atom is -0.489 e. The van der Waals surface area contributed by atoms with Gasteiger partial charge >= 0.3 is 0 Å². The zero-order valence-corrected chi connectivity index (χ0v) is 15.5. The number of hydrogen-bond acceptors (Lipinski definition) is 3. The number of nitrogens with one attached hydrogen (secondary N) is 1. The summed E-state index contributed by atoms with van der Waals surface area (Å²) in [6, 6.07) is 12.2. The molecule has 0 spiro atoms. The largest absolute Gasteiger partial charge is 0.489 e. The molecule has 0 saturated carbocycles. The second kappa shape index (κ2) is 10.4. The molecule has 0 aliphatic heterocycles. The Morgan fingerprint density at radius 3 is 2.76 bits per heavy atom. The standard InChI is InChI=1S/C20H25ClFNO2/c1-15(2)24-10-4-9-23-13-16-5-3-6-19(11-16)25-14-17-7-8-18(22)12-20(17)21/h3,5-8,11-12,15,23H,4,9-10,13-14H2,1-2H3. The summed E-state index contributed by atoms with van der Waals surface area (Å²) >= 11 is 6.02. The fourth-order valence-electron chi connectivity index (χ4n) is 2.29. The van der Waals surface area contributed by atoms with Gasteiger partial charge in [0.05, 0.1) is 11.1 Å². The topological polar surface area (TPSA) is 30.5 Å². The summed E-state index contributed by atoms with van der Waals surface area (Å²) in [5.41, 5.74) is 1.91. The van der Waals surface area contributed by atoms with E-state index in [1.165, 1.54) is 12.1 Å². The molecular formula is C20H25ClFNO2. The molecule has 3 nitrogen and oxygen atoms in total. The number of rotatable bonds is 10. The molecule has 1 N–H and O–H groups in total. The van der Waals surface area contributed by atoms with Gasteiger partial charge in [-0.05, 0) is 56.6 Å². The quantitative estimate of drug-likeness (QED) is 0.603. The molecule has 0 amide bonds. The second-order valence-corrected chi connectivity index (χ2v) is 6.53. The molecule has 0 aliphatic carbocycles. The first kappa shape index (κ1) is 19.7. The molecule has 5 heteroatoms. The van der Waals surface area contributed by atoms with Crippen LogP contribution in [-0.4, -0.2) is 19.3 Å². The lowest BCUT2D eigenvalue weighted by molar-refractivity contribution is 0.0770. The third kappa shape index (κ3) is 7.43. The van der Waals surface area contributed by atoms with E-state index in [4.69, 9.17) is 21.1 Å². The van der Waals surface area contributed by atoms with Crippen LogP contribution in [-0.2, 0) is 17.9 Å². The molecule has 2 rings (SSSR count). The van der Waals surface area contributed by atoms with Crippen LogP contribution in [0.2, 0.25) is 5.02 Å². The molecule has 0 fully saturated rings. The zero-order chi connectivity index (χ0) is 18.1. The summed E-state index contributed by atoms with van der Waals surface area (Å²) in [5, 5.41) is 3.77. The lowest BCUT2D eigenvalue weighted by Gasteiger charge is -2.11. The van der Waals surface area contributed by atoms with Gasteiger partial charge in [-0.3, -0.25) is 0 Å². The van der Waals surface area contributed by atoms with Crippen LogP contribution >= 0.6 is 11.6 Å². The third-order valence-corrected chi connectivity index (χ3v) is 3.94. The highest BCUT2D eigenvalue weighted by Crippen LogP contribution is 2.20. The maximum Gasteiger partial charge on any atom is 0.124 e. The van der Waals surface area contributed by atoms with E-state index in [0.29, 0.717) is 11.6 Å². The number of halogens is 2. The van der Waals surface area contributed by atoms with Gasteiger partial charge in [0.25, 0.3) is 0 Å². The van der Waals surface area contributed by atoms with Gasteiger partial charge in [-0.15, -0.1) is 0 Å². The Bertz CT molecular complexity index is 664. The Morgan fingerprint density at radius 1 is 1.16 bits per heavy atom. The van der Waals surface area contributed by atoms with Crippen molar-refractivity contribution < 1.29 is 13.9 Å². The first-order chi connectivity index (χ1) is 12.0. The van der Waals surface area contributed by atoms with E-state index in [1.807, 2.05) is 32.0 Å². The summed E-state index contributed by atoms with van der Waals surface area (Å²) in [4.78, 5) is 0. The van der Waals surface area contributed by atoms with Gasteiger partial charge in [-0.25, -0.2) is 4.39 Å². The molecule has 0 bridgehead atoms. The molecule has 0 unspecified atom stereocenters. The van der Waals surface area contributed by atoms with Crippen molar-refractivity contribution in [3.63, 3.8) is 0 Å². The third-order valence-electron chi connectivity index (χ3n) is 3.59. The lowest BCUT2D eigenvalue weighted by atomic mass is 10.2. The van der Waals surface area contributed by atoms with Crippen LogP contribution in [0.5, 0.6) is 5.75 Å². The van der Waals surface area contributed by atoms with Gasteiger partial charge in [-0.1, -0.05) is 29.8 Å². The number of benzene rings is 2. The Morgan fingerprint density at radius 2 is 2.00 bits per heavy atom. The molecule has 25 heavy (non-hydrogen) atoms. The maximum atomic E-state index is 13.1. The first-order valence-corrected chi connectivity index (χ1v) is 8.90. The average molecular weight is 366 g/mol. The van der Waals surface area contributed by atoms with E-state index in [-0.39, 0.29) is 11.9 Å². The van der Waals surface area contributed by atoms with Crippen molar-refractivity contribution in [2.24, 2.45) is 0 Å². The molecule has 0 saturated heterocycles. The highest BCUT2D eigenvalue weighted by atomic mass is 35.5. The first-order valence-electron chi connectivity index (χ1n) is 8.52. The van der Waals surface area contributed by atoms with Crippen molar-refractivity contribution in [3.05, 3.63) is 64.4 Å². The molecule has 2 aromatic carbocycles. The van der Waals surface area contributed by atoms with E-state index < -0.39 is 0 Å². The lowest BCUT2D eigenvalue weighted by Crippen LogP contribution is -2.17. The summed E-state index contributed by atoms with van der Waals surface area (Å²) in [7, 11) is 0. The van der Waals surface area contributed by atoms with Gasteiger partial charge in [0.1, 0.15) is 18.2 Å². The summed E-state index contributed by atoms with van der Waals surface area (Å²) in [6.07, 6.45) is 1.26. The minimum atomic E-state index is -0.347. The van der Waals surface area contributed by atoms with Crippen LogP contribution in [0.3, 0.4) is 0 Å². The van der Waals surface area contributed by atoms with Crippen LogP contribution in [0.25, 0.3) is 0 Å². The zero-order valence-electron chi connectivity index (χ0n) is 14.7. The molecule has 0 atom stereocenters. The summed E-state index contributed by atoms with van der Waals surface area (Å²) in [6.45, 7) is 6.84. The Balaban J connectivity index is 1.76. The predicted molar refractivity (Wildman–Crippen MR) is 99.6 cm³/mol. The van der Waals surface area contributed by atoms with Crippen LogP contribution in [0, 0.1) is 5.82 Å². The molecule has 0 heterocycles. The van der Waals surface area contributed by atoms with Crippen molar-refractivity contribution in [1.82, 2.24) is 5.32 Å². The van der Waals surface area contributed by atoms with E-state index in [0.717, 1.165) is 43.0 Å². The Kier molecular flexibility index (Phi) is 8.19. The van der Waals surface area contributed by atoms with Crippen molar-refractivity contribution >= 4 is 11.6 Å². The molecular weight excluding hydrogens is 341 g/mol. The highest BCUT2D eigenvalue weighted by Gasteiger charge is 2.04. The van der Waals surface area contributed by atoms with Crippen molar-refractivity contribution in [1.29, 1.82) is 0 Å². The van der Waals surface area contributed by atoms with Crippen LogP contribution in [0.15, 0.2) is 42.5 Å². The normalized spacial score (nSPS) is 11.1. The predicted octanol–water partition coefficient (Wildman–Crippen LogP) is 4.96. The smallest absolute Gasteiger partial charge is 0.124 e. The number of hydrogen-bond donors (Lipinski definition) is 1. The Labute approximate surface area is 154 Å². The molecule has 136 valence electrons.